The van der Waals surface area contributed by atoms with Gasteiger partial charge in [-0.3, -0.25) is 4.79 Å². The second-order valence-electron chi connectivity index (χ2n) is 5.55. The third-order valence-corrected chi connectivity index (χ3v) is 5.28. The van der Waals surface area contributed by atoms with Gasteiger partial charge in [0.1, 0.15) is 5.75 Å². The molecule has 0 heterocycles. The number of sulfonamides is 1. The molecule has 6 nitrogen and oxygen atoms in total. The first kappa shape index (κ1) is 20.5. The lowest BCUT2D eigenvalue weighted by molar-refractivity contribution is -0.111. The number of carbonyl (C=O) groups excluding carboxylic acids is 1. The van der Waals surface area contributed by atoms with Gasteiger partial charge < -0.3 is 10.1 Å². The number of benzene rings is 2. The Morgan fingerprint density at radius 2 is 1.74 bits per heavy atom. The summed E-state index contributed by atoms with van der Waals surface area (Å²) in [4.78, 5) is 12.1. The van der Waals surface area contributed by atoms with E-state index in [1.54, 1.807) is 12.1 Å². The van der Waals surface area contributed by atoms with Gasteiger partial charge in [-0.15, -0.1) is 0 Å². The molecule has 0 spiro atoms. The Labute approximate surface area is 156 Å². The normalized spacial score (nSPS) is 11.9. The lowest BCUT2D eigenvalue weighted by atomic mass is 10.2. The molecule has 2 rings (SSSR count). The van der Waals surface area contributed by atoms with Crippen LogP contribution in [-0.4, -0.2) is 39.3 Å². The van der Waals surface area contributed by atoms with Crippen molar-refractivity contribution in [1.82, 2.24) is 4.31 Å². The van der Waals surface area contributed by atoms with Crippen LogP contribution in [-0.2, 0) is 14.8 Å². The summed E-state index contributed by atoms with van der Waals surface area (Å²) in [5.74, 6) is -0.556. The molecule has 0 saturated heterocycles. The summed E-state index contributed by atoms with van der Waals surface area (Å²) in [7, 11) is -0.708. The number of nitrogens with zero attached hydrogens (tertiary/aromatic N) is 1. The van der Waals surface area contributed by atoms with Crippen LogP contribution >= 0.6 is 0 Å². The van der Waals surface area contributed by atoms with Crippen molar-refractivity contribution in [2.75, 3.05) is 19.4 Å². The zero-order valence-corrected chi connectivity index (χ0v) is 15.4. The smallest absolute Gasteiger partial charge is 0.387 e. The monoisotopic (exact) mass is 396 g/mol. The summed E-state index contributed by atoms with van der Waals surface area (Å²) in [6.45, 7) is -2.97. The fourth-order valence-electron chi connectivity index (χ4n) is 2.09. The van der Waals surface area contributed by atoms with Crippen LogP contribution in [0.2, 0.25) is 0 Å². The maximum atomic E-state index is 12.4. The van der Waals surface area contributed by atoms with Crippen molar-refractivity contribution in [3.8, 4) is 5.75 Å². The van der Waals surface area contributed by atoms with Crippen LogP contribution in [0.3, 0.4) is 0 Å². The largest absolute Gasteiger partial charge is 0.434 e. The average Bonchev–Trinajstić information content (AvgIpc) is 2.61. The Morgan fingerprint density at radius 3 is 2.33 bits per heavy atom. The predicted molar refractivity (Wildman–Crippen MR) is 98.1 cm³/mol. The Balaban J connectivity index is 2.07. The molecule has 0 aliphatic carbocycles. The Hall–Kier alpha value is -2.78. The number of carbonyl (C=O) groups is 1. The highest BCUT2D eigenvalue weighted by Gasteiger charge is 2.16. The van der Waals surface area contributed by atoms with Gasteiger partial charge in [-0.1, -0.05) is 18.2 Å². The zero-order valence-electron chi connectivity index (χ0n) is 14.6. The lowest BCUT2D eigenvalue weighted by Gasteiger charge is -2.11. The van der Waals surface area contributed by atoms with Crippen molar-refractivity contribution in [3.63, 3.8) is 0 Å². The van der Waals surface area contributed by atoms with Crippen molar-refractivity contribution in [2.45, 2.75) is 11.5 Å². The Kier molecular flexibility index (Phi) is 6.65. The van der Waals surface area contributed by atoms with Crippen LogP contribution in [0.4, 0.5) is 14.5 Å². The molecule has 0 aliphatic rings. The van der Waals surface area contributed by atoms with E-state index in [2.05, 4.69) is 10.1 Å². The third kappa shape index (κ3) is 5.60. The Morgan fingerprint density at radius 1 is 1.11 bits per heavy atom. The number of nitrogens with one attached hydrogen (secondary N) is 1. The fraction of sp³-hybridized carbons (Fsp3) is 0.167. The molecule has 0 aliphatic heterocycles. The van der Waals surface area contributed by atoms with E-state index in [1.807, 2.05) is 0 Å². The topological polar surface area (TPSA) is 75.7 Å². The first-order chi connectivity index (χ1) is 12.7. The van der Waals surface area contributed by atoms with Gasteiger partial charge in [-0.05, 0) is 36.4 Å². The van der Waals surface area contributed by atoms with E-state index in [0.717, 1.165) is 10.4 Å². The van der Waals surface area contributed by atoms with Crippen LogP contribution in [0.15, 0.2) is 59.5 Å². The molecule has 1 amide bonds. The molecule has 2 aromatic rings. The van der Waals surface area contributed by atoms with E-state index in [9.17, 15) is 22.0 Å². The summed E-state index contributed by atoms with van der Waals surface area (Å²) in [6.07, 6.45) is 2.51. The summed E-state index contributed by atoms with van der Waals surface area (Å²) in [5.41, 5.74) is 0.708. The maximum absolute atomic E-state index is 12.4. The van der Waals surface area contributed by atoms with Crippen LogP contribution < -0.4 is 10.1 Å². The molecular weight excluding hydrogens is 378 g/mol. The Bertz CT molecular complexity index is 927. The molecule has 1 N–H and O–H groups in total. The standard InChI is InChI=1S/C18H18F2N2O4S/c1-22(2)27(24,25)15-10-8-14(9-11-15)21-17(23)12-7-13-5-3-4-6-16(13)26-18(19)20/h3-12,18H,1-2H3,(H,21,23). The molecule has 144 valence electrons. The van der Waals surface area contributed by atoms with Gasteiger partial charge in [0.2, 0.25) is 15.9 Å². The number of para-hydroxylation sites is 1. The first-order valence-corrected chi connectivity index (χ1v) is 9.19. The SMILES string of the molecule is CN(C)S(=O)(=O)c1ccc(NC(=O)C=Cc2ccccc2OC(F)F)cc1. The summed E-state index contributed by atoms with van der Waals surface area (Å²) in [6, 6.07) is 11.7. The van der Waals surface area contributed by atoms with Crippen LogP contribution in [0.25, 0.3) is 6.08 Å². The fourth-order valence-corrected chi connectivity index (χ4v) is 2.99. The molecule has 0 saturated carbocycles. The predicted octanol–water partition coefficient (Wildman–Crippen LogP) is 3.19. The van der Waals surface area contributed by atoms with Crippen LogP contribution in [0.5, 0.6) is 5.75 Å². The van der Waals surface area contributed by atoms with Gasteiger partial charge in [0, 0.05) is 31.4 Å². The van der Waals surface area contributed by atoms with Gasteiger partial charge in [-0.25, -0.2) is 12.7 Å². The number of ether oxygens (including phenoxy) is 1. The van der Waals surface area contributed by atoms with E-state index >= 15 is 0 Å². The van der Waals surface area contributed by atoms with Crippen molar-refractivity contribution in [1.29, 1.82) is 0 Å². The van der Waals surface area contributed by atoms with Crippen molar-refractivity contribution < 1.29 is 26.7 Å². The van der Waals surface area contributed by atoms with E-state index in [-0.39, 0.29) is 10.6 Å². The summed E-state index contributed by atoms with van der Waals surface area (Å²) < 4.78 is 54.2. The van der Waals surface area contributed by atoms with E-state index in [1.165, 1.54) is 56.6 Å². The average molecular weight is 396 g/mol. The van der Waals surface area contributed by atoms with Crippen molar-refractivity contribution in [2.24, 2.45) is 0 Å². The maximum Gasteiger partial charge on any atom is 0.387 e. The molecule has 0 aromatic heterocycles. The number of anilines is 1. The minimum Gasteiger partial charge on any atom is -0.434 e. The van der Waals surface area contributed by atoms with Gasteiger partial charge in [0.15, 0.2) is 0 Å². The van der Waals surface area contributed by atoms with Crippen LogP contribution in [0, 0.1) is 0 Å². The highest BCUT2D eigenvalue weighted by molar-refractivity contribution is 7.89. The van der Waals surface area contributed by atoms with Crippen LogP contribution in [0.1, 0.15) is 5.56 Å². The number of rotatable bonds is 7. The molecule has 0 atom stereocenters. The number of hydrogen-bond acceptors (Lipinski definition) is 4. The van der Waals surface area contributed by atoms with Gasteiger partial charge in [0.25, 0.3) is 0 Å². The highest BCUT2D eigenvalue weighted by atomic mass is 32.2. The van der Waals surface area contributed by atoms with Crippen molar-refractivity contribution in [3.05, 3.63) is 60.2 Å². The summed E-state index contributed by atoms with van der Waals surface area (Å²) >= 11 is 0. The molecule has 0 radical (unpaired) electrons. The van der Waals surface area contributed by atoms with E-state index in [4.69, 9.17) is 0 Å². The number of amides is 1. The second kappa shape index (κ2) is 8.74. The van der Waals surface area contributed by atoms with E-state index in [0.29, 0.717) is 11.3 Å². The zero-order chi connectivity index (χ0) is 20.0. The minimum atomic E-state index is -3.55. The molecular formula is C18H18F2N2O4S. The minimum absolute atomic E-state index is 0.0465. The van der Waals surface area contributed by atoms with Gasteiger partial charge in [0.05, 0.1) is 4.90 Å². The molecule has 0 fully saturated rings. The second-order valence-corrected chi connectivity index (χ2v) is 7.70. The summed E-state index contributed by atoms with van der Waals surface area (Å²) in [5, 5.41) is 2.56. The molecule has 27 heavy (non-hydrogen) atoms. The molecule has 0 unspecified atom stereocenters. The molecule has 9 heteroatoms. The highest BCUT2D eigenvalue weighted by Crippen LogP contribution is 2.22. The van der Waals surface area contributed by atoms with E-state index < -0.39 is 22.5 Å². The van der Waals surface area contributed by atoms with Crippen molar-refractivity contribution >= 4 is 27.7 Å². The van der Waals surface area contributed by atoms with Gasteiger partial charge in [-0.2, -0.15) is 8.78 Å². The molecule has 0 bridgehead atoms. The lowest BCUT2D eigenvalue weighted by Crippen LogP contribution is -2.22. The number of halogens is 2. The first-order valence-electron chi connectivity index (χ1n) is 7.75. The van der Waals surface area contributed by atoms with Gasteiger partial charge >= 0.3 is 6.61 Å². The molecule has 2 aromatic carbocycles. The third-order valence-electron chi connectivity index (χ3n) is 3.45. The number of alkyl halides is 2. The number of hydrogen-bond donors (Lipinski definition) is 1. The quantitative estimate of drug-likeness (QED) is 0.730.